The van der Waals surface area contributed by atoms with Crippen LogP contribution in [-0.4, -0.2) is 54.7 Å². The van der Waals surface area contributed by atoms with Crippen LogP contribution in [-0.2, 0) is 19.1 Å². The number of pyridine rings is 1. The van der Waals surface area contributed by atoms with Crippen LogP contribution in [0.1, 0.15) is 45.4 Å². The number of allylic oxidation sites excluding steroid dienone is 1. The Morgan fingerprint density at radius 3 is 2.46 bits per heavy atom. The minimum atomic E-state index is -1.15. The highest BCUT2D eigenvalue weighted by Gasteiger charge is 2.62. The molecule has 2 fully saturated rings. The maximum absolute atomic E-state index is 13.9. The number of carbonyl (C=O) groups excluding carboxylic acids is 3. The molecule has 5 unspecified atom stereocenters. The highest BCUT2D eigenvalue weighted by atomic mass is 16.5. The van der Waals surface area contributed by atoms with Crippen molar-refractivity contribution in [1.82, 2.24) is 15.6 Å². The van der Waals surface area contributed by atoms with E-state index in [0.717, 1.165) is 35.9 Å². The van der Waals surface area contributed by atoms with Gasteiger partial charge in [-0.3, -0.25) is 9.59 Å². The Hall–Kier alpha value is -4.66. The summed E-state index contributed by atoms with van der Waals surface area (Å²) in [5.41, 5.74) is 1.22. The second-order valence-corrected chi connectivity index (χ2v) is 12.0. The quantitative estimate of drug-likeness (QED) is 0.125. The summed E-state index contributed by atoms with van der Waals surface area (Å²) in [5.74, 6) is -1.30. The molecule has 242 valence electrons. The second-order valence-electron chi connectivity index (χ2n) is 12.0. The van der Waals surface area contributed by atoms with E-state index in [9.17, 15) is 14.4 Å². The van der Waals surface area contributed by atoms with E-state index in [1.165, 1.54) is 0 Å². The third-order valence-corrected chi connectivity index (χ3v) is 8.95. The zero-order valence-corrected chi connectivity index (χ0v) is 26.6. The molecule has 9 heteroatoms. The molecule has 5 atom stereocenters. The normalized spacial score (nSPS) is 23.3. The van der Waals surface area contributed by atoms with E-state index in [0.29, 0.717) is 42.8 Å². The van der Waals surface area contributed by atoms with E-state index in [1.807, 2.05) is 60.7 Å². The number of nitrogens with zero attached hydrogens (tertiary/aromatic N) is 1. The van der Waals surface area contributed by atoms with Crippen molar-refractivity contribution < 1.29 is 28.6 Å². The molecule has 9 nitrogen and oxygen atoms in total. The minimum Gasteiger partial charge on any atom is -0.497 e. The van der Waals surface area contributed by atoms with Crippen molar-refractivity contribution in [2.24, 2.45) is 17.8 Å². The van der Waals surface area contributed by atoms with Gasteiger partial charge in [0.25, 0.3) is 0 Å². The van der Waals surface area contributed by atoms with Crippen LogP contribution < -0.4 is 20.1 Å². The summed E-state index contributed by atoms with van der Waals surface area (Å²) < 4.78 is 17.4. The van der Waals surface area contributed by atoms with Gasteiger partial charge in [0.15, 0.2) is 0 Å². The first-order valence-corrected chi connectivity index (χ1v) is 16.0. The Morgan fingerprint density at radius 1 is 1.02 bits per heavy atom. The predicted molar refractivity (Wildman–Crippen MR) is 177 cm³/mol. The van der Waals surface area contributed by atoms with Crippen molar-refractivity contribution in [2.75, 3.05) is 20.3 Å². The lowest BCUT2D eigenvalue weighted by molar-refractivity contribution is -0.150. The van der Waals surface area contributed by atoms with Gasteiger partial charge in [0.05, 0.1) is 36.8 Å². The molecule has 5 rings (SSSR count). The zero-order chi connectivity index (χ0) is 32.7. The first kappa shape index (κ1) is 32.7. The van der Waals surface area contributed by atoms with Crippen LogP contribution >= 0.6 is 0 Å². The van der Waals surface area contributed by atoms with Gasteiger partial charge < -0.3 is 24.8 Å². The van der Waals surface area contributed by atoms with Gasteiger partial charge in [0.1, 0.15) is 23.1 Å². The van der Waals surface area contributed by atoms with E-state index in [2.05, 4.69) is 23.8 Å². The first-order chi connectivity index (χ1) is 22.3. The average molecular weight is 626 g/mol. The summed E-state index contributed by atoms with van der Waals surface area (Å²) in [7, 11) is 1.61. The Morgan fingerprint density at radius 2 is 1.78 bits per heavy atom. The SMILES string of the molecule is C=CCCCCNC(=O)C1CC(Oc2cc(-c3ccccc3)nc3cc(OC)ccc23)CC1C(=O)NC1(C(=O)OCC)CC1C=C. The summed E-state index contributed by atoms with van der Waals surface area (Å²) in [5, 5.41) is 6.79. The molecule has 0 spiro atoms. The maximum Gasteiger partial charge on any atom is 0.332 e. The molecule has 0 aliphatic heterocycles. The average Bonchev–Trinajstić information content (AvgIpc) is 3.63. The van der Waals surface area contributed by atoms with Crippen molar-refractivity contribution in [3.63, 3.8) is 0 Å². The highest BCUT2D eigenvalue weighted by Crippen LogP contribution is 2.47. The zero-order valence-electron chi connectivity index (χ0n) is 26.6. The van der Waals surface area contributed by atoms with Crippen LogP contribution in [0.3, 0.4) is 0 Å². The Balaban J connectivity index is 1.42. The van der Waals surface area contributed by atoms with Crippen molar-refractivity contribution in [2.45, 2.75) is 57.1 Å². The molecule has 1 aromatic heterocycles. The van der Waals surface area contributed by atoms with Gasteiger partial charge in [-0.2, -0.15) is 0 Å². The van der Waals surface area contributed by atoms with Crippen LogP contribution in [0.15, 0.2) is 79.9 Å². The largest absolute Gasteiger partial charge is 0.497 e. The first-order valence-electron chi connectivity index (χ1n) is 16.0. The van der Waals surface area contributed by atoms with Gasteiger partial charge >= 0.3 is 5.97 Å². The van der Waals surface area contributed by atoms with Crippen LogP contribution in [0.25, 0.3) is 22.2 Å². The van der Waals surface area contributed by atoms with Gasteiger partial charge in [0, 0.05) is 35.5 Å². The van der Waals surface area contributed by atoms with Crippen molar-refractivity contribution in [3.8, 4) is 22.8 Å². The van der Waals surface area contributed by atoms with Gasteiger partial charge in [-0.1, -0.05) is 42.5 Å². The highest BCUT2D eigenvalue weighted by molar-refractivity contribution is 5.95. The molecule has 0 saturated heterocycles. The lowest BCUT2D eigenvalue weighted by Crippen LogP contribution is -2.50. The van der Waals surface area contributed by atoms with Crippen LogP contribution in [0.2, 0.25) is 0 Å². The summed E-state index contributed by atoms with van der Waals surface area (Å²) in [6, 6.07) is 17.3. The lowest BCUT2D eigenvalue weighted by Gasteiger charge is -2.23. The molecule has 3 aromatic rings. The molecular weight excluding hydrogens is 582 g/mol. The van der Waals surface area contributed by atoms with Crippen LogP contribution in [0, 0.1) is 17.8 Å². The predicted octanol–water partition coefficient (Wildman–Crippen LogP) is 5.78. The van der Waals surface area contributed by atoms with Crippen molar-refractivity contribution in [3.05, 3.63) is 79.9 Å². The Kier molecular flexibility index (Phi) is 10.4. The number of unbranched alkanes of at least 4 members (excludes halogenated alkanes) is 2. The monoisotopic (exact) mass is 625 g/mol. The molecule has 2 N–H and O–H groups in total. The fourth-order valence-corrected chi connectivity index (χ4v) is 6.33. The van der Waals surface area contributed by atoms with E-state index < -0.39 is 29.4 Å². The summed E-state index contributed by atoms with van der Waals surface area (Å²) in [6.45, 7) is 10.0. The molecule has 0 radical (unpaired) electrons. The van der Waals surface area contributed by atoms with Crippen LogP contribution in [0.5, 0.6) is 11.5 Å². The van der Waals surface area contributed by atoms with Gasteiger partial charge in [-0.15, -0.1) is 13.2 Å². The number of fused-ring (bicyclic) bond motifs is 1. The van der Waals surface area contributed by atoms with E-state index in [-0.39, 0.29) is 24.3 Å². The van der Waals surface area contributed by atoms with E-state index in [1.54, 1.807) is 20.1 Å². The number of hydrogen-bond donors (Lipinski definition) is 2. The Bertz CT molecular complexity index is 1590. The molecule has 2 aromatic carbocycles. The number of esters is 1. The molecule has 1 heterocycles. The maximum atomic E-state index is 13.9. The number of nitrogens with one attached hydrogen (secondary N) is 2. The number of carbonyl (C=O) groups is 3. The standard InChI is InChI=1S/C37H43N3O6/c1-5-8-9-13-18-38-34(41)29-19-27(20-30(29)35(42)40-37(23-25(37)6-2)36(43)45-7-3)46-33-22-31(24-14-11-10-12-15-24)39-32-21-26(44-4)16-17-28(32)33/h5-6,10-12,14-17,21-22,25,27,29-30H,1-2,7-9,13,18-20,23H2,3-4H3,(H,38,41)(H,40,42). The smallest absolute Gasteiger partial charge is 0.332 e. The minimum absolute atomic E-state index is 0.194. The number of aromatic nitrogens is 1. The van der Waals surface area contributed by atoms with Gasteiger partial charge in [0.2, 0.25) is 11.8 Å². The lowest BCUT2D eigenvalue weighted by atomic mass is 9.93. The summed E-state index contributed by atoms with van der Waals surface area (Å²) in [6.07, 6.45) is 6.75. The number of methoxy groups -OCH3 is 1. The Labute approximate surface area is 270 Å². The summed E-state index contributed by atoms with van der Waals surface area (Å²) >= 11 is 0. The molecule has 0 bridgehead atoms. The number of benzene rings is 2. The molecule has 2 aliphatic rings. The summed E-state index contributed by atoms with van der Waals surface area (Å²) in [4.78, 5) is 45.2. The number of hydrogen-bond acceptors (Lipinski definition) is 7. The molecule has 46 heavy (non-hydrogen) atoms. The fraction of sp³-hybridized carbons (Fsp3) is 0.405. The third-order valence-electron chi connectivity index (χ3n) is 8.95. The molecule has 2 amide bonds. The number of ether oxygens (including phenoxy) is 3. The second kappa shape index (κ2) is 14.6. The van der Waals surface area contributed by atoms with Crippen molar-refractivity contribution >= 4 is 28.7 Å². The number of amides is 2. The number of rotatable bonds is 15. The molecule has 2 aliphatic carbocycles. The van der Waals surface area contributed by atoms with E-state index in [4.69, 9.17) is 19.2 Å². The van der Waals surface area contributed by atoms with Gasteiger partial charge in [-0.05, 0) is 57.6 Å². The van der Waals surface area contributed by atoms with Crippen molar-refractivity contribution in [1.29, 1.82) is 0 Å². The topological polar surface area (TPSA) is 116 Å². The van der Waals surface area contributed by atoms with E-state index >= 15 is 0 Å². The van der Waals surface area contributed by atoms with Crippen LogP contribution in [0.4, 0.5) is 0 Å². The fourth-order valence-electron chi connectivity index (χ4n) is 6.33. The molecular formula is C37H43N3O6. The van der Waals surface area contributed by atoms with Gasteiger partial charge in [-0.25, -0.2) is 9.78 Å². The third kappa shape index (κ3) is 7.09. The molecule has 2 saturated carbocycles.